The van der Waals surface area contributed by atoms with E-state index in [2.05, 4.69) is 26.8 Å². The average molecular weight is 476 g/mol. The number of rotatable bonds is 6. The largest absolute Gasteiger partial charge is 0.483 e. The van der Waals surface area contributed by atoms with Crippen LogP contribution < -0.4 is 20.3 Å². The number of ether oxygens (including phenoxy) is 2. The maximum absolute atomic E-state index is 11.8. The van der Waals surface area contributed by atoms with Gasteiger partial charge in [0.05, 0.1) is 9.50 Å². The van der Waals surface area contributed by atoms with Crippen LogP contribution in [-0.4, -0.2) is 25.0 Å². The highest BCUT2D eigenvalue weighted by atomic mass is 79.9. The summed E-state index contributed by atoms with van der Waals surface area (Å²) in [6.45, 7) is 3.27. The lowest BCUT2D eigenvalue weighted by molar-refractivity contribution is -0.131. The third-order valence-corrected chi connectivity index (χ3v) is 4.65. The molecule has 0 saturated carbocycles. The number of carbonyl (C=O) groups is 2. The zero-order valence-electron chi connectivity index (χ0n) is 14.6. The van der Waals surface area contributed by atoms with E-state index < -0.39 is 11.8 Å². The second kappa shape index (κ2) is 9.82. The molecule has 0 aliphatic carbocycles. The molecule has 144 valence electrons. The van der Waals surface area contributed by atoms with E-state index in [0.29, 0.717) is 15.2 Å². The summed E-state index contributed by atoms with van der Waals surface area (Å²) in [6, 6.07) is 8.65. The van der Waals surface area contributed by atoms with Crippen LogP contribution in [0.3, 0.4) is 0 Å². The van der Waals surface area contributed by atoms with Crippen molar-refractivity contribution in [3.05, 3.63) is 56.0 Å². The molecule has 0 heterocycles. The zero-order valence-corrected chi connectivity index (χ0v) is 17.7. The minimum absolute atomic E-state index is 0.236. The molecular weight excluding hydrogens is 459 g/mol. The molecule has 0 atom stereocenters. The van der Waals surface area contributed by atoms with E-state index in [1.807, 2.05) is 26.0 Å². The Bertz CT molecular complexity index is 838. The summed E-state index contributed by atoms with van der Waals surface area (Å²) < 4.78 is 11.3. The molecule has 0 spiro atoms. The Labute approximate surface area is 175 Å². The number of hydrogen-bond acceptors (Lipinski definition) is 4. The Morgan fingerprint density at radius 1 is 1.04 bits per heavy atom. The van der Waals surface area contributed by atoms with Gasteiger partial charge in [-0.05, 0) is 59.1 Å². The van der Waals surface area contributed by atoms with Crippen molar-refractivity contribution >= 4 is 50.9 Å². The van der Waals surface area contributed by atoms with E-state index in [0.717, 1.165) is 11.1 Å². The van der Waals surface area contributed by atoms with Gasteiger partial charge < -0.3 is 9.47 Å². The number of aryl methyl sites for hydroxylation is 1. The van der Waals surface area contributed by atoms with E-state index in [4.69, 9.17) is 32.7 Å². The van der Waals surface area contributed by atoms with Gasteiger partial charge in [0.2, 0.25) is 0 Å². The second-order valence-corrected chi connectivity index (χ2v) is 7.27. The van der Waals surface area contributed by atoms with Crippen LogP contribution >= 0.6 is 39.1 Å². The Balaban J connectivity index is 1.77. The van der Waals surface area contributed by atoms with Crippen molar-refractivity contribution in [1.29, 1.82) is 0 Å². The van der Waals surface area contributed by atoms with E-state index in [1.54, 1.807) is 12.1 Å². The molecule has 6 nitrogen and oxygen atoms in total. The summed E-state index contributed by atoms with van der Waals surface area (Å²) in [7, 11) is 0. The highest BCUT2D eigenvalue weighted by Gasteiger charge is 2.12. The molecule has 0 saturated heterocycles. The average Bonchev–Trinajstić information content (AvgIpc) is 2.60. The van der Waals surface area contributed by atoms with Crippen molar-refractivity contribution in [1.82, 2.24) is 10.9 Å². The first-order valence-corrected chi connectivity index (χ1v) is 9.37. The van der Waals surface area contributed by atoms with Gasteiger partial charge in [-0.2, -0.15) is 0 Å². The van der Waals surface area contributed by atoms with Gasteiger partial charge in [-0.15, -0.1) is 0 Å². The molecular formula is C18H17BrCl2N2O4. The molecule has 0 aromatic heterocycles. The topological polar surface area (TPSA) is 76.7 Å². The molecule has 0 aliphatic rings. The van der Waals surface area contributed by atoms with Gasteiger partial charge in [0.25, 0.3) is 11.8 Å². The maximum Gasteiger partial charge on any atom is 0.276 e. The Morgan fingerprint density at radius 3 is 2.30 bits per heavy atom. The number of amides is 2. The van der Waals surface area contributed by atoms with Crippen molar-refractivity contribution in [3.63, 3.8) is 0 Å². The number of benzene rings is 2. The number of carbonyl (C=O) groups excluding carboxylic acids is 2. The molecule has 2 amide bonds. The lowest BCUT2D eigenvalue weighted by atomic mass is 10.1. The van der Waals surface area contributed by atoms with Gasteiger partial charge in [-0.1, -0.05) is 35.3 Å². The fraction of sp³-hybridized carbons (Fsp3) is 0.222. The first kappa shape index (κ1) is 21.3. The molecule has 2 aromatic carbocycles. The highest BCUT2D eigenvalue weighted by molar-refractivity contribution is 9.10. The molecule has 0 fully saturated rings. The first-order chi connectivity index (χ1) is 12.8. The molecule has 9 heteroatoms. The second-order valence-electron chi connectivity index (χ2n) is 5.57. The van der Waals surface area contributed by atoms with E-state index in [1.165, 1.54) is 6.07 Å². The minimum atomic E-state index is -0.562. The number of hydrazine groups is 1. The predicted molar refractivity (Wildman–Crippen MR) is 107 cm³/mol. The normalized spacial score (nSPS) is 10.3. The molecule has 0 bridgehead atoms. The summed E-state index contributed by atoms with van der Waals surface area (Å²) in [6.07, 6.45) is 0. The van der Waals surface area contributed by atoms with Gasteiger partial charge in [-0.25, -0.2) is 0 Å². The molecule has 2 aromatic rings. The van der Waals surface area contributed by atoms with Crippen molar-refractivity contribution in [3.8, 4) is 11.5 Å². The lowest BCUT2D eigenvalue weighted by Crippen LogP contribution is -2.45. The first-order valence-electron chi connectivity index (χ1n) is 7.82. The van der Waals surface area contributed by atoms with Crippen molar-refractivity contribution < 1.29 is 19.1 Å². The van der Waals surface area contributed by atoms with Crippen molar-refractivity contribution in [2.24, 2.45) is 0 Å². The molecule has 2 rings (SSSR count). The zero-order chi connectivity index (χ0) is 20.0. The van der Waals surface area contributed by atoms with Crippen LogP contribution in [0.1, 0.15) is 11.1 Å². The fourth-order valence-corrected chi connectivity index (χ4v) is 3.41. The van der Waals surface area contributed by atoms with Crippen LogP contribution in [0, 0.1) is 13.8 Å². The fourth-order valence-electron chi connectivity index (χ4n) is 2.04. The monoisotopic (exact) mass is 474 g/mol. The van der Waals surface area contributed by atoms with Crippen LogP contribution in [0.4, 0.5) is 0 Å². The van der Waals surface area contributed by atoms with E-state index in [-0.39, 0.29) is 24.0 Å². The predicted octanol–water partition coefficient (Wildman–Crippen LogP) is 3.98. The number of hydrogen-bond donors (Lipinski definition) is 2. The van der Waals surface area contributed by atoms with Gasteiger partial charge >= 0.3 is 0 Å². The van der Waals surface area contributed by atoms with Crippen molar-refractivity contribution in [2.75, 3.05) is 13.2 Å². The van der Waals surface area contributed by atoms with Gasteiger partial charge in [0, 0.05) is 5.02 Å². The third kappa shape index (κ3) is 6.30. The summed E-state index contributed by atoms with van der Waals surface area (Å²) in [4.78, 5) is 23.6. The molecule has 0 aliphatic heterocycles. The Kier molecular flexibility index (Phi) is 7.77. The van der Waals surface area contributed by atoms with Crippen LogP contribution in [0.5, 0.6) is 11.5 Å². The maximum atomic E-state index is 11.8. The summed E-state index contributed by atoms with van der Waals surface area (Å²) in [5, 5.41) is 0.688. The van der Waals surface area contributed by atoms with Crippen LogP contribution in [0.25, 0.3) is 0 Å². The van der Waals surface area contributed by atoms with Crippen LogP contribution in [0.2, 0.25) is 10.0 Å². The highest BCUT2D eigenvalue weighted by Crippen LogP contribution is 2.35. The SMILES string of the molecule is Cc1cccc(OCC(=O)NNC(=O)COc2c(Cl)cc(Cl)cc2Br)c1C. The van der Waals surface area contributed by atoms with Gasteiger partial charge in [-0.3, -0.25) is 20.4 Å². The van der Waals surface area contributed by atoms with Crippen molar-refractivity contribution in [2.45, 2.75) is 13.8 Å². The number of halogens is 3. The van der Waals surface area contributed by atoms with Gasteiger partial charge in [0.1, 0.15) is 5.75 Å². The minimum Gasteiger partial charge on any atom is -0.483 e. The third-order valence-electron chi connectivity index (χ3n) is 3.57. The molecule has 2 N–H and O–H groups in total. The summed E-state index contributed by atoms with van der Waals surface area (Å²) >= 11 is 15.1. The van der Waals surface area contributed by atoms with E-state index in [9.17, 15) is 9.59 Å². The summed E-state index contributed by atoms with van der Waals surface area (Å²) in [5.74, 6) is -0.175. The van der Waals surface area contributed by atoms with Crippen LogP contribution in [0.15, 0.2) is 34.8 Å². The lowest BCUT2D eigenvalue weighted by Gasteiger charge is -2.12. The molecule has 0 unspecified atom stereocenters. The molecule has 27 heavy (non-hydrogen) atoms. The van der Waals surface area contributed by atoms with Gasteiger partial charge in [0.15, 0.2) is 19.0 Å². The molecule has 0 radical (unpaired) electrons. The smallest absolute Gasteiger partial charge is 0.276 e. The number of nitrogens with one attached hydrogen (secondary N) is 2. The van der Waals surface area contributed by atoms with E-state index >= 15 is 0 Å². The Hall–Kier alpha value is -1.96. The quantitative estimate of drug-likeness (QED) is 0.619. The summed E-state index contributed by atoms with van der Waals surface area (Å²) in [5.41, 5.74) is 6.50. The standard InChI is InChI=1S/C18H17BrCl2N2O4/c1-10-4-3-5-15(11(10)2)26-8-16(24)22-23-17(25)9-27-18-13(19)6-12(20)7-14(18)21/h3-7H,8-9H2,1-2H3,(H,22,24)(H,23,25). The van der Waals surface area contributed by atoms with Crippen LogP contribution in [-0.2, 0) is 9.59 Å². The Morgan fingerprint density at radius 2 is 1.67 bits per heavy atom.